The molecule has 0 radical (unpaired) electrons. The van der Waals surface area contributed by atoms with Gasteiger partial charge in [-0.15, -0.1) is 0 Å². The van der Waals surface area contributed by atoms with Gasteiger partial charge in [-0.2, -0.15) is 0 Å². The maximum atomic E-state index is 11.6. The molecule has 0 aliphatic carbocycles. The Morgan fingerprint density at radius 2 is 1.70 bits per heavy atom. The first-order valence-corrected chi connectivity index (χ1v) is 9.77. The summed E-state index contributed by atoms with van der Waals surface area (Å²) < 4.78 is 7.58. The van der Waals surface area contributed by atoms with Crippen molar-refractivity contribution in [2.75, 3.05) is 0 Å². The van der Waals surface area contributed by atoms with E-state index in [2.05, 4.69) is 55.8 Å². The molecule has 0 bridgehead atoms. The largest absolute Gasteiger partial charge is 0.487 e. The van der Waals surface area contributed by atoms with Crippen molar-refractivity contribution in [3.63, 3.8) is 0 Å². The normalized spacial score (nSPS) is 14.8. The minimum absolute atomic E-state index is 0.193. The van der Waals surface area contributed by atoms with Crippen molar-refractivity contribution in [3.05, 3.63) is 65.9 Å². The summed E-state index contributed by atoms with van der Waals surface area (Å²) in [5.74, 6) is -0.737. The molecule has 2 aromatic carbocycles. The topological polar surface area (TPSA) is 105 Å². The van der Waals surface area contributed by atoms with Gasteiger partial charge in [0, 0.05) is 0 Å². The number of hydrogen-bond donors (Lipinski definition) is 3. The Labute approximate surface area is 181 Å². The lowest BCUT2D eigenvalue weighted by atomic mass is 10.1. The fourth-order valence-corrected chi connectivity index (χ4v) is 4.48. The molecule has 1 aliphatic rings. The average molecular weight is 590 g/mol. The number of carboxylic acids is 1. The number of hydrogen-bond acceptors (Lipinski definition) is 4. The van der Waals surface area contributed by atoms with Gasteiger partial charge in [0.2, 0.25) is 0 Å². The van der Waals surface area contributed by atoms with Gasteiger partial charge in [-0.1, -0.05) is 12.1 Å². The van der Waals surface area contributed by atoms with Crippen LogP contribution in [0.15, 0.2) is 42.1 Å². The third kappa shape index (κ3) is 4.77. The zero-order valence-electron chi connectivity index (χ0n) is 13.6. The molecule has 0 saturated carbocycles. The molecule has 1 saturated heterocycles. The summed E-state index contributed by atoms with van der Waals surface area (Å²) in [4.78, 5) is 33.7. The fourth-order valence-electron chi connectivity index (χ4n) is 2.35. The molecule has 0 unspecified atom stereocenters. The van der Waals surface area contributed by atoms with Crippen molar-refractivity contribution < 1.29 is 24.2 Å². The standard InChI is InChI=1S/C18H12I2N2O5/c19-12-5-10(7-14-16(23)22-18(26)21-14)6-13(20)15(12)27-8-9-1-3-11(4-2-9)17(24)25/h1-7H,8H2,(H,24,25)(H2,21,22,23,26). The third-order valence-corrected chi connectivity index (χ3v) is 5.24. The summed E-state index contributed by atoms with van der Waals surface area (Å²) in [5, 5.41) is 13.5. The van der Waals surface area contributed by atoms with Crippen molar-refractivity contribution in [1.82, 2.24) is 10.6 Å². The Morgan fingerprint density at radius 3 is 2.22 bits per heavy atom. The second-order valence-electron chi connectivity index (χ2n) is 5.57. The molecule has 3 rings (SSSR count). The summed E-state index contributed by atoms with van der Waals surface area (Å²) in [5.41, 5.74) is 2.03. The molecule has 1 aliphatic heterocycles. The number of carboxylic acid groups (broad SMARTS) is 1. The quantitative estimate of drug-likeness (QED) is 0.282. The number of aromatic carboxylic acids is 1. The lowest BCUT2D eigenvalue weighted by Gasteiger charge is -2.12. The van der Waals surface area contributed by atoms with Crippen LogP contribution in [0.25, 0.3) is 6.08 Å². The summed E-state index contributed by atoms with van der Waals surface area (Å²) in [6.07, 6.45) is 1.60. The number of urea groups is 1. The van der Waals surface area contributed by atoms with Gasteiger partial charge >= 0.3 is 12.0 Å². The van der Waals surface area contributed by atoms with Gasteiger partial charge in [-0.25, -0.2) is 9.59 Å². The molecule has 1 fully saturated rings. The second kappa shape index (κ2) is 8.25. The van der Waals surface area contributed by atoms with E-state index in [1.54, 1.807) is 18.2 Å². The molecule has 0 aromatic heterocycles. The molecule has 3 N–H and O–H groups in total. The molecule has 7 nitrogen and oxygen atoms in total. The average Bonchev–Trinajstić information content (AvgIpc) is 2.91. The van der Waals surface area contributed by atoms with E-state index in [0.29, 0.717) is 12.4 Å². The van der Waals surface area contributed by atoms with Crippen LogP contribution in [0.2, 0.25) is 0 Å². The minimum atomic E-state index is -0.969. The molecule has 0 atom stereocenters. The molecule has 2 aromatic rings. The first-order valence-electron chi connectivity index (χ1n) is 7.61. The van der Waals surface area contributed by atoms with Crippen molar-refractivity contribution >= 4 is 69.2 Å². The van der Waals surface area contributed by atoms with E-state index in [9.17, 15) is 14.4 Å². The van der Waals surface area contributed by atoms with Crippen LogP contribution in [0.4, 0.5) is 4.79 Å². The molecule has 0 spiro atoms. The van der Waals surface area contributed by atoms with Crippen molar-refractivity contribution in [2.24, 2.45) is 0 Å². The molecule has 3 amide bonds. The zero-order valence-corrected chi connectivity index (χ0v) is 17.9. The number of carbonyl (C=O) groups is 3. The van der Waals surface area contributed by atoms with Crippen LogP contribution in [-0.4, -0.2) is 23.0 Å². The summed E-state index contributed by atoms with van der Waals surface area (Å²) in [7, 11) is 0. The van der Waals surface area contributed by atoms with E-state index in [0.717, 1.165) is 18.3 Å². The zero-order chi connectivity index (χ0) is 19.6. The molecular weight excluding hydrogens is 578 g/mol. The number of nitrogens with one attached hydrogen (secondary N) is 2. The molecule has 1 heterocycles. The van der Waals surface area contributed by atoms with Crippen LogP contribution in [0.1, 0.15) is 21.5 Å². The highest BCUT2D eigenvalue weighted by molar-refractivity contribution is 14.1. The van der Waals surface area contributed by atoms with Crippen LogP contribution in [0.3, 0.4) is 0 Å². The number of amides is 3. The van der Waals surface area contributed by atoms with Gasteiger partial charge < -0.3 is 15.2 Å². The Morgan fingerprint density at radius 1 is 1.07 bits per heavy atom. The van der Waals surface area contributed by atoms with E-state index in [-0.39, 0.29) is 11.3 Å². The lowest BCUT2D eigenvalue weighted by Crippen LogP contribution is -2.22. The first kappa shape index (κ1) is 19.6. The van der Waals surface area contributed by atoms with E-state index >= 15 is 0 Å². The smallest absolute Gasteiger partial charge is 0.335 e. The number of benzene rings is 2. The Bertz CT molecular complexity index is 947. The molecular formula is C18H12I2N2O5. The summed E-state index contributed by atoms with van der Waals surface area (Å²) >= 11 is 4.28. The van der Waals surface area contributed by atoms with Crippen molar-refractivity contribution in [2.45, 2.75) is 6.61 Å². The maximum absolute atomic E-state index is 11.6. The predicted octanol–water partition coefficient (Wildman–Crippen LogP) is 3.35. The highest BCUT2D eigenvalue weighted by atomic mass is 127. The third-order valence-electron chi connectivity index (χ3n) is 3.64. The highest BCUT2D eigenvalue weighted by Crippen LogP contribution is 2.30. The summed E-state index contributed by atoms with van der Waals surface area (Å²) in [6, 6.07) is 9.64. The highest BCUT2D eigenvalue weighted by Gasteiger charge is 2.23. The second-order valence-corrected chi connectivity index (χ2v) is 7.90. The van der Waals surface area contributed by atoms with E-state index < -0.39 is 17.9 Å². The van der Waals surface area contributed by atoms with Crippen molar-refractivity contribution in [3.8, 4) is 5.75 Å². The van der Waals surface area contributed by atoms with Crippen LogP contribution in [0, 0.1) is 7.14 Å². The number of ether oxygens (including phenoxy) is 1. The van der Waals surface area contributed by atoms with Gasteiger partial charge in [-0.3, -0.25) is 10.1 Å². The van der Waals surface area contributed by atoms with E-state index in [1.165, 1.54) is 12.1 Å². The van der Waals surface area contributed by atoms with Gasteiger partial charge in [0.1, 0.15) is 18.1 Å². The van der Waals surface area contributed by atoms with Gasteiger partial charge in [0.05, 0.1) is 12.7 Å². The number of rotatable bonds is 5. The SMILES string of the molecule is O=C1NC(=O)C(=Cc2cc(I)c(OCc3ccc(C(=O)O)cc3)c(I)c2)N1. The monoisotopic (exact) mass is 590 g/mol. The van der Waals surface area contributed by atoms with Crippen LogP contribution in [0.5, 0.6) is 5.75 Å². The van der Waals surface area contributed by atoms with Crippen molar-refractivity contribution in [1.29, 1.82) is 0 Å². The number of halogens is 2. The van der Waals surface area contributed by atoms with Crippen LogP contribution in [-0.2, 0) is 11.4 Å². The number of carbonyl (C=O) groups excluding carboxylic acids is 2. The van der Waals surface area contributed by atoms with Gasteiger partial charge in [0.25, 0.3) is 5.91 Å². The Kier molecular flexibility index (Phi) is 5.99. The lowest BCUT2D eigenvalue weighted by molar-refractivity contribution is -0.115. The van der Waals surface area contributed by atoms with Gasteiger partial charge in [0.15, 0.2) is 0 Å². The molecule has 27 heavy (non-hydrogen) atoms. The van der Waals surface area contributed by atoms with E-state index in [1.807, 2.05) is 12.1 Å². The molecule has 138 valence electrons. The fraction of sp³-hybridized carbons (Fsp3) is 0.0556. The number of imide groups is 1. The molecule has 9 heteroatoms. The Balaban J connectivity index is 1.75. The van der Waals surface area contributed by atoms with Crippen LogP contribution < -0.4 is 15.4 Å². The van der Waals surface area contributed by atoms with E-state index in [4.69, 9.17) is 9.84 Å². The first-order chi connectivity index (χ1) is 12.8. The Hall–Kier alpha value is -2.15. The summed E-state index contributed by atoms with van der Waals surface area (Å²) in [6.45, 7) is 0.296. The maximum Gasteiger partial charge on any atom is 0.335 e. The minimum Gasteiger partial charge on any atom is -0.487 e. The van der Waals surface area contributed by atoms with Crippen LogP contribution >= 0.6 is 45.2 Å². The predicted molar refractivity (Wildman–Crippen MR) is 114 cm³/mol. The van der Waals surface area contributed by atoms with Gasteiger partial charge in [-0.05, 0) is 86.7 Å².